The number of carboxylic acid groups (broad SMARTS) is 1. The van der Waals surface area contributed by atoms with E-state index in [-0.39, 0.29) is 19.0 Å². The second-order valence-electron chi connectivity index (χ2n) is 5.47. The highest BCUT2D eigenvalue weighted by Gasteiger charge is 2.29. The van der Waals surface area contributed by atoms with Gasteiger partial charge in [0.15, 0.2) is 0 Å². The minimum atomic E-state index is -0.995. The minimum Gasteiger partial charge on any atom is -0.480 e. The maximum atomic E-state index is 12.4. The van der Waals surface area contributed by atoms with Crippen molar-refractivity contribution in [2.24, 2.45) is 0 Å². The maximum absolute atomic E-state index is 12.4. The molecule has 0 saturated carbocycles. The van der Waals surface area contributed by atoms with Gasteiger partial charge < -0.3 is 10.4 Å². The molecule has 0 unspecified atom stereocenters. The Morgan fingerprint density at radius 2 is 1.95 bits per heavy atom. The number of amides is 1. The van der Waals surface area contributed by atoms with E-state index in [2.05, 4.69) is 15.6 Å². The molecule has 2 N–H and O–H groups in total. The van der Waals surface area contributed by atoms with Crippen LogP contribution in [-0.2, 0) is 28.1 Å². The summed E-state index contributed by atoms with van der Waals surface area (Å²) < 4.78 is 1.21. The lowest BCUT2D eigenvalue weighted by molar-refractivity contribution is -0.138. The Labute approximate surface area is 128 Å². The lowest BCUT2D eigenvalue weighted by atomic mass is 9.84. The standard InChI is InChI=1S/C15H18N4O3/c1-15(2,11-6-4-3-5-7-11)14(22)16-8-12-9-19(18-17-12)10-13(20)21/h3-7,9H,8,10H2,1-2H3,(H,16,22)(H,20,21). The van der Waals surface area contributed by atoms with Crippen LogP contribution in [0.2, 0.25) is 0 Å². The number of nitrogens with one attached hydrogen (secondary N) is 1. The van der Waals surface area contributed by atoms with Gasteiger partial charge in [-0.15, -0.1) is 5.10 Å². The van der Waals surface area contributed by atoms with Crippen LogP contribution in [-0.4, -0.2) is 32.0 Å². The van der Waals surface area contributed by atoms with E-state index in [0.29, 0.717) is 5.69 Å². The molecular formula is C15H18N4O3. The van der Waals surface area contributed by atoms with E-state index in [9.17, 15) is 9.59 Å². The number of benzene rings is 1. The molecule has 2 aromatic rings. The van der Waals surface area contributed by atoms with Crippen molar-refractivity contribution in [2.75, 3.05) is 0 Å². The molecule has 1 aromatic carbocycles. The molecule has 116 valence electrons. The molecule has 0 saturated heterocycles. The Kier molecular flexibility index (Phi) is 4.55. The van der Waals surface area contributed by atoms with Crippen LogP contribution in [0.25, 0.3) is 0 Å². The fourth-order valence-electron chi connectivity index (χ4n) is 2.01. The molecule has 0 radical (unpaired) electrons. The first-order chi connectivity index (χ1) is 10.4. The third-order valence-corrected chi connectivity index (χ3v) is 3.38. The molecule has 0 fully saturated rings. The number of aliphatic carboxylic acids is 1. The molecule has 0 bridgehead atoms. The number of hydrogen-bond donors (Lipinski definition) is 2. The number of carbonyl (C=O) groups excluding carboxylic acids is 1. The third-order valence-electron chi connectivity index (χ3n) is 3.38. The molecule has 0 spiro atoms. The third kappa shape index (κ3) is 3.69. The summed E-state index contributed by atoms with van der Waals surface area (Å²) in [5, 5.41) is 19.0. The number of rotatable bonds is 6. The average molecular weight is 302 g/mol. The number of carbonyl (C=O) groups is 2. The average Bonchev–Trinajstić information content (AvgIpc) is 2.92. The van der Waals surface area contributed by atoms with Gasteiger partial charge in [-0.2, -0.15) is 0 Å². The summed E-state index contributed by atoms with van der Waals surface area (Å²) in [5.74, 6) is -1.13. The quantitative estimate of drug-likeness (QED) is 0.828. The number of nitrogens with zero attached hydrogens (tertiary/aromatic N) is 3. The van der Waals surface area contributed by atoms with Crippen molar-refractivity contribution in [3.63, 3.8) is 0 Å². The Morgan fingerprint density at radius 3 is 2.59 bits per heavy atom. The molecule has 2 rings (SSSR count). The highest BCUT2D eigenvalue weighted by Crippen LogP contribution is 2.22. The van der Waals surface area contributed by atoms with E-state index in [4.69, 9.17) is 5.11 Å². The van der Waals surface area contributed by atoms with Gasteiger partial charge >= 0.3 is 5.97 Å². The first kappa shape index (κ1) is 15.7. The van der Waals surface area contributed by atoms with Crippen LogP contribution < -0.4 is 5.32 Å². The van der Waals surface area contributed by atoms with Gasteiger partial charge in [-0.05, 0) is 19.4 Å². The molecule has 1 aromatic heterocycles. The van der Waals surface area contributed by atoms with Crippen LogP contribution in [0.3, 0.4) is 0 Å². The fraction of sp³-hybridized carbons (Fsp3) is 0.333. The number of hydrogen-bond acceptors (Lipinski definition) is 4. The van der Waals surface area contributed by atoms with Crippen molar-refractivity contribution >= 4 is 11.9 Å². The zero-order chi connectivity index (χ0) is 16.2. The molecule has 1 amide bonds. The fourth-order valence-corrected chi connectivity index (χ4v) is 2.01. The van der Waals surface area contributed by atoms with Crippen molar-refractivity contribution in [1.82, 2.24) is 20.3 Å². The molecule has 0 atom stereocenters. The molecule has 7 heteroatoms. The van der Waals surface area contributed by atoms with Crippen LogP contribution in [0.5, 0.6) is 0 Å². The summed E-state index contributed by atoms with van der Waals surface area (Å²) >= 11 is 0. The SMILES string of the molecule is CC(C)(C(=O)NCc1cn(CC(=O)O)nn1)c1ccccc1. The van der Waals surface area contributed by atoms with Crippen molar-refractivity contribution in [3.05, 3.63) is 47.8 Å². The van der Waals surface area contributed by atoms with Gasteiger partial charge in [-0.3, -0.25) is 9.59 Å². The van der Waals surface area contributed by atoms with E-state index < -0.39 is 11.4 Å². The first-order valence-corrected chi connectivity index (χ1v) is 6.84. The van der Waals surface area contributed by atoms with E-state index in [0.717, 1.165) is 5.56 Å². The van der Waals surface area contributed by atoms with Crippen LogP contribution in [0, 0.1) is 0 Å². The summed E-state index contributed by atoms with van der Waals surface area (Å²) in [7, 11) is 0. The smallest absolute Gasteiger partial charge is 0.325 e. The highest BCUT2D eigenvalue weighted by molar-refractivity contribution is 5.87. The number of carboxylic acids is 1. The molecule has 1 heterocycles. The molecule has 0 aliphatic heterocycles. The first-order valence-electron chi connectivity index (χ1n) is 6.84. The second-order valence-corrected chi connectivity index (χ2v) is 5.47. The lowest BCUT2D eigenvalue weighted by Gasteiger charge is -2.23. The lowest BCUT2D eigenvalue weighted by Crippen LogP contribution is -2.39. The minimum absolute atomic E-state index is 0.133. The largest absolute Gasteiger partial charge is 0.480 e. The predicted molar refractivity (Wildman–Crippen MR) is 79.0 cm³/mol. The summed E-state index contributed by atoms with van der Waals surface area (Å²) in [6.07, 6.45) is 1.50. The maximum Gasteiger partial charge on any atom is 0.325 e. The van der Waals surface area contributed by atoms with Gasteiger partial charge in [0.25, 0.3) is 0 Å². The van der Waals surface area contributed by atoms with Crippen molar-refractivity contribution in [2.45, 2.75) is 32.4 Å². The van der Waals surface area contributed by atoms with E-state index >= 15 is 0 Å². The van der Waals surface area contributed by atoms with Crippen molar-refractivity contribution in [1.29, 1.82) is 0 Å². The second kappa shape index (κ2) is 6.38. The Hall–Kier alpha value is -2.70. The van der Waals surface area contributed by atoms with Crippen molar-refractivity contribution < 1.29 is 14.7 Å². The molecule has 0 aliphatic carbocycles. The van der Waals surface area contributed by atoms with E-state index in [1.165, 1.54) is 10.9 Å². The van der Waals surface area contributed by atoms with Crippen molar-refractivity contribution in [3.8, 4) is 0 Å². The van der Waals surface area contributed by atoms with Gasteiger partial charge in [-0.25, -0.2) is 4.68 Å². The van der Waals surface area contributed by atoms with Crippen LogP contribution in [0.1, 0.15) is 25.1 Å². The topological polar surface area (TPSA) is 97.1 Å². The van der Waals surface area contributed by atoms with E-state index in [1.807, 2.05) is 44.2 Å². The van der Waals surface area contributed by atoms with Gasteiger partial charge in [0, 0.05) is 0 Å². The summed E-state index contributed by atoms with van der Waals surface area (Å²) in [6.45, 7) is 3.64. The molecule has 7 nitrogen and oxygen atoms in total. The predicted octanol–water partition coefficient (Wildman–Crippen LogP) is 0.957. The molecule has 22 heavy (non-hydrogen) atoms. The normalized spacial score (nSPS) is 11.2. The zero-order valence-electron chi connectivity index (χ0n) is 12.5. The monoisotopic (exact) mass is 302 g/mol. The molecule has 0 aliphatic rings. The van der Waals surface area contributed by atoms with Crippen LogP contribution >= 0.6 is 0 Å². The Balaban J connectivity index is 1.97. The summed E-state index contributed by atoms with van der Waals surface area (Å²) in [5.41, 5.74) is 0.763. The van der Waals surface area contributed by atoms with Gasteiger partial charge in [0.1, 0.15) is 12.2 Å². The zero-order valence-corrected chi connectivity index (χ0v) is 12.5. The van der Waals surface area contributed by atoms with Crippen LogP contribution in [0.15, 0.2) is 36.5 Å². The number of aromatic nitrogens is 3. The molecular weight excluding hydrogens is 284 g/mol. The summed E-state index contributed by atoms with van der Waals surface area (Å²) in [6, 6.07) is 9.49. The Morgan fingerprint density at radius 1 is 1.27 bits per heavy atom. The van der Waals surface area contributed by atoms with Gasteiger partial charge in [0.05, 0.1) is 18.2 Å². The highest BCUT2D eigenvalue weighted by atomic mass is 16.4. The van der Waals surface area contributed by atoms with Crippen LogP contribution in [0.4, 0.5) is 0 Å². The van der Waals surface area contributed by atoms with Gasteiger partial charge in [0.2, 0.25) is 5.91 Å². The summed E-state index contributed by atoms with van der Waals surface area (Å²) in [4.78, 5) is 22.9. The Bertz CT molecular complexity index is 664. The van der Waals surface area contributed by atoms with E-state index in [1.54, 1.807) is 0 Å². The van der Waals surface area contributed by atoms with Gasteiger partial charge in [-0.1, -0.05) is 35.5 Å².